The van der Waals surface area contributed by atoms with Crippen LogP contribution in [0.4, 0.5) is 4.79 Å². The zero-order valence-corrected chi connectivity index (χ0v) is 12.5. The molecule has 1 aromatic rings. The molecule has 1 saturated heterocycles. The van der Waals surface area contributed by atoms with Crippen molar-refractivity contribution in [2.24, 2.45) is 0 Å². The lowest BCUT2D eigenvalue weighted by Gasteiger charge is -2.19. The molecule has 1 amide bonds. The van der Waals surface area contributed by atoms with Crippen molar-refractivity contribution in [2.45, 2.75) is 58.5 Å². The predicted octanol–water partition coefficient (Wildman–Crippen LogP) is 2.85. The number of hydrogen-bond donors (Lipinski definition) is 0. The normalized spacial score (nSPS) is 18.6. The van der Waals surface area contributed by atoms with Crippen molar-refractivity contribution in [3.63, 3.8) is 0 Å². The number of imidazole rings is 1. The van der Waals surface area contributed by atoms with E-state index < -0.39 is 0 Å². The van der Waals surface area contributed by atoms with E-state index in [2.05, 4.69) is 16.5 Å². The van der Waals surface area contributed by atoms with Gasteiger partial charge in [-0.2, -0.15) is 0 Å². The molecule has 1 unspecified atom stereocenters. The van der Waals surface area contributed by atoms with Crippen LogP contribution in [-0.2, 0) is 17.7 Å². The smallest absolute Gasteiger partial charge is 0.410 e. The number of carbonyl (C=O) groups excluding carboxylic acids is 1. The molecule has 5 nitrogen and oxygen atoms in total. The summed E-state index contributed by atoms with van der Waals surface area (Å²) < 4.78 is 7.34. The lowest BCUT2D eigenvalue weighted by Crippen LogP contribution is -2.35. The second-order valence-corrected chi connectivity index (χ2v) is 5.36. The molecule has 1 aromatic heterocycles. The molecule has 1 aliphatic heterocycles. The first kappa shape index (κ1) is 14.9. The van der Waals surface area contributed by atoms with Crippen molar-refractivity contribution in [1.29, 1.82) is 0 Å². The number of cyclic esters (lactones) is 1. The quantitative estimate of drug-likeness (QED) is 0.687. The highest BCUT2D eigenvalue weighted by Gasteiger charge is 2.32. The number of likely N-dealkylation sites (N-methyl/N-ethyl adjacent to an activating group) is 1. The number of nitrogens with zero attached hydrogens (tertiary/aromatic N) is 3. The summed E-state index contributed by atoms with van der Waals surface area (Å²) >= 11 is 0. The third-order valence-corrected chi connectivity index (χ3v) is 3.91. The predicted molar refractivity (Wildman–Crippen MR) is 77.6 cm³/mol. The van der Waals surface area contributed by atoms with Crippen molar-refractivity contribution in [3.8, 4) is 0 Å². The standard InChI is InChI=1S/C15H25N3O2/c1-3-5-6-7-8-17-12-16-10-13(17)9-14-11-20-15(19)18(14)4-2/h10,12,14H,3-9,11H2,1-2H3. The van der Waals surface area contributed by atoms with Crippen LogP contribution in [0.3, 0.4) is 0 Å². The number of carbonyl (C=O) groups is 1. The molecule has 0 saturated carbocycles. The van der Waals surface area contributed by atoms with Crippen molar-refractivity contribution in [3.05, 3.63) is 18.2 Å². The van der Waals surface area contributed by atoms with Crippen molar-refractivity contribution in [2.75, 3.05) is 13.2 Å². The fourth-order valence-corrected chi connectivity index (χ4v) is 2.72. The molecule has 0 aliphatic carbocycles. The minimum absolute atomic E-state index is 0.151. The van der Waals surface area contributed by atoms with Gasteiger partial charge in [-0.25, -0.2) is 9.78 Å². The summed E-state index contributed by atoms with van der Waals surface area (Å²) in [4.78, 5) is 17.6. The van der Waals surface area contributed by atoms with E-state index >= 15 is 0 Å². The molecule has 2 heterocycles. The highest BCUT2D eigenvalue weighted by Crippen LogP contribution is 2.17. The van der Waals surface area contributed by atoms with Crippen molar-refractivity contribution in [1.82, 2.24) is 14.5 Å². The molecule has 112 valence electrons. The van der Waals surface area contributed by atoms with Gasteiger partial charge in [0.2, 0.25) is 0 Å². The first-order valence-corrected chi connectivity index (χ1v) is 7.68. The second-order valence-electron chi connectivity index (χ2n) is 5.36. The third kappa shape index (κ3) is 3.52. The molecule has 0 aromatic carbocycles. The van der Waals surface area contributed by atoms with E-state index in [1.165, 1.54) is 31.4 Å². The van der Waals surface area contributed by atoms with E-state index in [0.717, 1.165) is 13.0 Å². The summed E-state index contributed by atoms with van der Waals surface area (Å²) in [5.41, 5.74) is 1.20. The van der Waals surface area contributed by atoms with Gasteiger partial charge in [0.05, 0.1) is 12.4 Å². The van der Waals surface area contributed by atoms with E-state index in [4.69, 9.17) is 4.74 Å². The molecule has 0 spiro atoms. The van der Waals surface area contributed by atoms with Crippen LogP contribution in [-0.4, -0.2) is 39.7 Å². The monoisotopic (exact) mass is 279 g/mol. The van der Waals surface area contributed by atoms with E-state index in [0.29, 0.717) is 13.2 Å². The Kier molecular flexibility index (Phi) is 5.44. The summed E-state index contributed by atoms with van der Waals surface area (Å²) in [6.45, 7) is 6.42. The molecule has 1 atom stereocenters. The average Bonchev–Trinajstić information content (AvgIpc) is 3.02. The Balaban J connectivity index is 1.90. The molecule has 1 fully saturated rings. The number of rotatable bonds is 8. The van der Waals surface area contributed by atoms with Crippen LogP contribution in [0.15, 0.2) is 12.5 Å². The Bertz CT molecular complexity index is 431. The molecule has 0 N–H and O–H groups in total. The zero-order chi connectivity index (χ0) is 14.4. The molecule has 5 heteroatoms. The number of hydrogen-bond acceptors (Lipinski definition) is 3. The van der Waals surface area contributed by atoms with E-state index in [-0.39, 0.29) is 12.1 Å². The summed E-state index contributed by atoms with van der Waals surface area (Å²) in [5.74, 6) is 0. The highest BCUT2D eigenvalue weighted by molar-refractivity contribution is 5.70. The minimum Gasteiger partial charge on any atom is -0.447 e. The van der Waals surface area contributed by atoms with Gasteiger partial charge in [0, 0.05) is 31.4 Å². The van der Waals surface area contributed by atoms with Gasteiger partial charge in [-0.05, 0) is 13.3 Å². The van der Waals surface area contributed by atoms with E-state index in [1.54, 1.807) is 4.90 Å². The molecule has 0 radical (unpaired) electrons. The van der Waals surface area contributed by atoms with Gasteiger partial charge in [0.25, 0.3) is 0 Å². The van der Waals surface area contributed by atoms with E-state index in [1.807, 2.05) is 19.4 Å². The maximum atomic E-state index is 11.6. The molecule has 0 bridgehead atoms. The van der Waals surface area contributed by atoms with Crippen LogP contribution in [0.25, 0.3) is 0 Å². The Morgan fingerprint density at radius 2 is 2.20 bits per heavy atom. The highest BCUT2D eigenvalue weighted by atomic mass is 16.6. The summed E-state index contributed by atoms with van der Waals surface area (Å²) in [7, 11) is 0. The van der Waals surface area contributed by atoms with Gasteiger partial charge in [0.1, 0.15) is 6.61 Å². The van der Waals surface area contributed by atoms with Crippen molar-refractivity contribution < 1.29 is 9.53 Å². The topological polar surface area (TPSA) is 47.4 Å². The average molecular weight is 279 g/mol. The molecular formula is C15H25N3O2. The largest absolute Gasteiger partial charge is 0.447 e. The summed E-state index contributed by atoms with van der Waals surface area (Å²) in [5, 5.41) is 0. The Labute approximate surface area is 120 Å². The number of ether oxygens (including phenoxy) is 1. The van der Waals surface area contributed by atoms with Crippen LogP contribution in [0, 0.1) is 0 Å². The van der Waals surface area contributed by atoms with Gasteiger partial charge >= 0.3 is 6.09 Å². The molecule has 20 heavy (non-hydrogen) atoms. The van der Waals surface area contributed by atoms with Gasteiger partial charge in [-0.3, -0.25) is 0 Å². The number of amides is 1. The molecular weight excluding hydrogens is 254 g/mol. The maximum absolute atomic E-state index is 11.6. The lowest BCUT2D eigenvalue weighted by atomic mass is 10.1. The van der Waals surface area contributed by atoms with Gasteiger partial charge in [-0.15, -0.1) is 0 Å². The van der Waals surface area contributed by atoms with Gasteiger partial charge < -0.3 is 14.2 Å². The minimum atomic E-state index is -0.188. The van der Waals surface area contributed by atoms with Crippen molar-refractivity contribution >= 4 is 6.09 Å². The van der Waals surface area contributed by atoms with Crippen LogP contribution in [0.2, 0.25) is 0 Å². The SMILES string of the molecule is CCCCCCn1cncc1CC1COC(=O)N1CC. The lowest BCUT2D eigenvalue weighted by molar-refractivity contribution is 0.159. The van der Waals surface area contributed by atoms with Gasteiger partial charge in [-0.1, -0.05) is 26.2 Å². The fourth-order valence-electron chi connectivity index (χ4n) is 2.72. The van der Waals surface area contributed by atoms with Gasteiger partial charge in [0.15, 0.2) is 0 Å². The van der Waals surface area contributed by atoms with Crippen LogP contribution in [0.5, 0.6) is 0 Å². The van der Waals surface area contributed by atoms with Crippen LogP contribution < -0.4 is 0 Å². The summed E-state index contributed by atoms with van der Waals surface area (Å²) in [6.07, 6.45) is 9.45. The second kappa shape index (κ2) is 7.31. The Morgan fingerprint density at radius 3 is 2.95 bits per heavy atom. The first-order valence-electron chi connectivity index (χ1n) is 7.68. The fraction of sp³-hybridized carbons (Fsp3) is 0.733. The third-order valence-electron chi connectivity index (χ3n) is 3.91. The molecule has 1 aliphatic rings. The van der Waals surface area contributed by atoms with Crippen LogP contribution >= 0.6 is 0 Å². The summed E-state index contributed by atoms with van der Waals surface area (Å²) in [6, 6.07) is 0.151. The molecule has 2 rings (SSSR count). The Hall–Kier alpha value is -1.52. The maximum Gasteiger partial charge on any atom is 0.410 e. The first-order chi connectivity index (χ1) is 9.76. The zero-order valence-electron chi connectivity index (χ0n) is 12.5. The number of aromatic nitrogens is 2. The van der Waals surface area contributed by atoms with E-state index in [9.17, 15) is 4.79 Å². The van der Waals surface area contributed by atoms with Crippen LogP contribution in [0.1, 0.15) is 45.2 Å². The Morgan fingerprint density at radius 1 is 1.35 bits per heavy atom. The number of aryl methyl sites for hydroxylation is 1. The number of unbranched alkanes of at least 4 members (excludes halogenated alkanes) is 3.